The lowest BCUT2D eigenvalue weighted by Gasteiger charge is -2.43. The van der Waals surface area contributed by atoms with Gasteiger partial charge in [0.2, 0.25) is 5.88 Å². The minimum Gasteiger partial charge on any atom is -0.391 e. The topological polar surface area (TPSA) is 68.5 Å². The summed E-state index contributed by atoms with van der Waals surface area (Å²) in [5.74, 6) is 0.743. The van der Waals surface area contributed by atoms with Crippen LogP contribution in [0.1, 0.15) is 52.6 Å². The van der Waals surface area contributed by atoms with Crippen LogP contribution in [0.15, 0.2) is 60.7 Å². The Bertz CT molecular complexity index is 1080. The molecule has 0 spiro atoms. The van der Waals surface area contributed by atoms with Crippen molar-refractivity contribution in [3.05, 3.63) is 88.6 Å². The number of pyridine rings is 1. The summed E-state index contributed by atoms with van der Waals surface area (Å²) >= 11 is 0. The zero-order valence-electron chi connectivity index (χ0n) is 17.0. The molecule has 30 heavy (non-hydrogen) atoms. The number of amides is 1. The SMILES string of the molecule is Cc1c(OC(N)=O)nc2c3c1[C@@H](c1ccccc1)CCN3CC[C@@H]2c1ccccc1. The van der Waals surface area contributed by atoms with Crippen LogP contribution in [0.3, 0.4) is 0 Å². The number of aromatic nitrogens is 1. The van der Waals surface area contributed by atoms with E-state index in [-0.39, 0.29) is 11.8 Å². The molecule has 2 N–H and O–H groups in total. The number of hydrogen-bond donors (Lipinski definition) is 1. The van der Waals surface area contributed by atoms with Crippen molar-refractivity contribution in [2.45, 2.75) is 31.6 Å². The van der Waals surface area contributed by atoms with Crippen molar-refractivity contribution in [1.29, 1.82) is 0 Å². The number of nitrogens with zero attached hydrogens (tertiary/aromatic N) is 2. The van der Waals surface area contributed by atoms with Gasteiger partial charge < -0.3 is 15.4 Å². The Morgan fingerprint density at radius 2 is 1.53 bits per heavy atom. The van der Waals surface area contributed by atoms with Crippen LogP contribution in [-0.4, -0.2) is 24.2 Å². The molecule has 1 aromatic heterocycles. The Morgan fingerprint density at radius 3 is 2.13 bits per heavy atom. The lowest BCUT2D eigenvalue weighted by molar-refractivity contribution is 0.208. The van der Waals surface area contributed by atoms with E-state index in [0.717, 1.165) is 37.2 Å². The summed E-state index contributed by atoms with van der Waals surface area (Å²) in [6.45, 7) is 3.99. The van der Waals surface area contributed by atoms with Crippen molar-refractivity contribution in [3.8, 4) is 5.88 Å². The van der Waals surface area contributed by atoms with E-state index in [9.17, 15) is 4.79 Å². The summed E-state index contributed by atoms with van der Waals surface area (Å²) in [6.07, 6.45) is 1.18. The van der Waals surface area contributed by atoms with Gasteiger partial charge in [-0.1, -0.05) is 60.7 Å². The van der Waals surface area contributed by atoms with Crippen molar-refractivity contribution >= 4 is 11.8 Å². The largest absolute Gasteiger partial charge is 0.411 e. The highest BCUT2D eigenvalue weighted by Gasteiger charge is 2.38. The van der Waals surface area contributed by atoms with Gasteiger partial charge in [-0.15, -0.1) is 0 Å². The average molecular weight is 399 g/mol. The van der Waals surface area contributed by atoms with Gasteiger partial charge in [-0.05, 0) is 36.5 Å². The quantitative estimate of drug-likeness (QED) is 0.692. The Morgan fingerprint density at radius 1 is 0.967 bits per heavy atom. The second-order valence-electron chi connectivity index (χ2n) is 8.10. The van der Waals surface area contributed by atoms with Gasteiger partial charge in [-0.2, -0.15) is 0 Å². The number of carbonyl (C=O) groups excluding carboxylic acids is 1. The molecule has 0 bridgehead atoms. The van der Waals surface area contributed by atoms with Gasteiger partial charge in [-0.3, -0.25) is 0 Å². The summed E-state index contributed by atoms with van der Waals surface area (Å²) in [5, 5.41) is 0. The van der Waals surface area contributed by atoms with Crippen molar-refractivity contribution in [1.82, 2.24) is 4.98 Å². The van der Waals surface area contributed by atoms with Crippen molar-refractivity contribution < 1.29 is 9.53 Å². The highest BCUT2D eigenvalue weighted by molar-refractivity contribution is 5.73. The van der Waals surface area contributed by atoms with Crippen LogP contribution in [0.2, 0.25) is 0 Å². The van der Waals surface area contributed by atoms with Crippen molar-refractivity contribution in [3.63, 3.8) is 0 Å². The van der Waals surface area contributed by atoms with E-state index in [1.807, 2.05) is 19.1 Å². The minimum absolute atomic E-state index is 0.168. The lowest BCUT2D eigenvalue weighted by Crippen LogP contribution is -2.39. The van der Waals surface area contributed by atoms with Gasteiger partial charge in [0.15, 0.2) is 0 Å². The highest BCUT2D eigenvalue weighted by atomic mass is 16.6. The molecule has 0 fully saturated rings. The first-order valence-corrected chi connectivity index (χ1v) is 10.5. The third-order valence-electron chi connectivity index (χ3n) is 6.42. The zero-order valence-corrected chi connectivity index (χ0v) is 17.0. The van der Waals surface area contributed by atoms with Crippen LogP contribution in [0.25, 0.3) is 0 Å². The summed E-state index contributed by atoms with van der Waals surface area (Å²) < 4.78 is 5.39. The summed E-state index contributed by atoms with van der Waals surface area (Å²) in [6, 6.07) is 21.0. The maximum absolute atomic E-state index is 11.6. The monoisotopic (exact) mass is 399 g/mol. The maximum atomic E-state index is 11.6. The number of benzene rings is 2. The van der Waals surface area contributed by atoms with Gasteiger partial charge in [0.25, 0.3) is 0 Å². The Kier molecular flexibility index (Phi) is 4.66. The standard InChI is InChI=1S/C25H25N3O2/c1-16-21-19(17-8-4-2-5-9-17)12-14-28-15-13-20(18-10-6-3-7-11-18)22(23(21)28)27-24(16)30-25(26)29/h2-11,19-20H,12-15H2,1H3,(H2,26,29)/t19-,20-/m1/s1. The molecule has 2 aromatic carbocycles. The van der Waals surface area contributed by atoms with E-state index < -0.39 is 6.09 Å². The Balaban J connectivity index is 1.74. The number of anilines is 1. The van der Waals surface area contributed by atoms with Crippen LogP contribution in [-0.2, 0) is 0 Å². The smallest absolute Gasteiger partial charge is 0.391 e. The lowest BCUT2D eigenvalue weighted by atomic mass is 9.77. The summed E-state index contributed by atoms with van der Waals surface area (Å²) in [7, 11) is 0. The van der Waals surface area contributed by atoms with Crippen LogP contribution >= 0.6 is 0 Å². The first kappa shape index (κ1) is 18.7. The molecule has 0 unspecified atom stereocenters. The van der Waals surface area contributed by atoms with Crippen molar-refractivity contribution in [2.75, 3.05) is 18.0 Å². The molecule has 152 valence electrons. The van der Waals surface area contributed by atoms with Crippen LogP contribution < -0.4 is 15.4 Å². The predicted octanol–water partition coefficient (Wildman–Crippen LogP) is 4.73. The Labute approximate surface area is 176 Å². The third-order valence-corrected chi connectivity index (χ3v) is 6.42. The maximum Gasteiger partial charge on any atom is 0.411 e. The Hall–Kier alpha value is -3.34. The molecule has 0 radical (unpaired) electrons. The van der Waals surface area contributed by atoms with E-state index in [1.54, 1.807) is 0 Å². The van der Waals surface area contributed by atoms with Crippen LogP contribution in [0, 0.1) is 6.92 Å². The number of ether oxygens (including phenoxy) is 1. The van der Waals surface area contributed by atoms with Crippen LogP contribution in [0.4, 0.5) is 10.5 Å². The number of primary amides is 1. The van der Waals surface area contributed by atoms with E-state index in [1.165, 1.54) is 22.4 Å². The first-order valence-electron chi connectivity index (χ1n) is 10.5. The van der Waals surface area contributed by atoms with Gasteiger partial charge >= 0.3 is 6.09 Å². The third kappa shape index (κ3) is 3.11. The molecule has 2 aliphatic rings. The fourth-order valence-corrected chi connectivity index (χ4v) is 5.09. The molecule has 5 heteroatoms. The molecule has 0 aliphatic carbocycles. The van der Waals surface area contributed by atoms with Gasteiger partial charge in [-0.25, -0.2) is 9.78 Å². The van der Waals surface area contributed by atoms with Gasteiger partial charge in [0.1, 0.15) is 0 Å². The van der Waals surface area contributed by atoms with Crippen LogP contribution in [0.5, 0.6) is 5.88 Å². The normalized spacial score (nSPS) is 19.8. The van der Waals surface area contributed by atoms with E-state index >= 15 is 0 Å². The fourth-order valence-electron chi connectivity index (χ4n) is 5.09. The first-order chi connectivity index (χ1) is 14.6. The molecule has 3 heterocycles. The fraction of sp³-hybridized carbons (Fsp3) is 0.280. The molecule has 5 rings (SSSR count). The average Bonchev–Trinajstić information content (AvgIpc) is 2.77. The number of nitrogens with two attached hydrogens (primary N) is 1. The summed E-state index contributed by atoms with van der Waals surface area (Å²) in [4.78, 5) is 18.9. The molecule has 2 atom stereocenters. The number of rotatable bonds is 3. The number of carbonyl (C=O) groups is 1. The molecule has 2 aliphatic heterocycles. The van der Waals surface area contributed by atoms with E-state index in [2.05, 4.69) is 53.4 Å². The molecule has 3 aromatic rings. The highest BCUT2D eigenvalue weighted by Crippen LogP contribution is 2.50. The van der Waals surface area contributed by atoms with Gasteiger partial charge in [0, 0.05) is 30.5 Å². The molecule has 0 saturated carbocycles. The molecular weight excluding hydrogens is 374 g/mol. The predicted molar refractivity (Wildman–Crippen MR) is 117 cm³/mol. The molecular formula is C25H25N3O2. The zero-order chi connectivity index (χ0) is 20.7. The van der Waals surface area contributed by atoms with E-state index in [4.69, 9.17) is 15.5 Å². The second kappa shape index (κ2) is 7.48. The summed E-state index contributed by atoms with van der Waals surface area (Å²) in [5.41, 5.74) is 12.2. The van der Waals surface area contributed by atoms with E-state index in [0.29, 0.717) is 5.88 Å². The number of hydrogen-bond acceptors (Lipinski definition) is 4. The molecule has 5 nitrogen and oxygen atoms in total. The van der Waals surface area contributed by atoms with Gasteiger partial charge in [0.05, 0.1) is 11.4 Å². The minimum atomic E-state index is -0.825. The molecule has 1 amide bonds. The van der Waals surface area contributed by atoms with Crippen molar-refractivity contribution in [2.24, 2.45) is 5.73 Å². The molecule has 0 saturated heterocycles. The second-order valence-corrected chi connectivity index (χ2v) is 8.10.